The molecular formula is C29H39N2O12PS. The normalized spacial score (nSPS) is 23.5. The minimum absolute atomic E-state index is 0.0246. The maximum absolute atomic E-state index is 13.9. The Kier molecular flexibility index (Phi) is 11.2. The van der Waals surface area contributed by atoms with Crippen LogP contribution < -0.4 is 10.1 Å². The molecule has 248 valence electrons. The molecule has 3 fully saturated rings. The van der Waals surface area contributed by atoms with E-state index in [9.17, 15) is 27.6 Å². The Balaban J connectivity index is 1.44. The van der Waals surface area contributed by atoms with E-state index in [0.717, 1.165) is 12.8 Å². The number of carbonyl (C=O) groups excluding carboxylic acids is 1. The largest absolute Gasteiger partial charge is 0.497 e. The highest BCUT2D eigenvalue weighted by Crippen LogP contribution is 2.40. The van der Waals surface area contributed by atoms with Crippen molar-refractivity contribution in [2.24, 2.45) is 5.92 Å². The van der Waals surface area contributed by atoms with Gasteiger partial charge in [-0.1, -0.05) is 47.6 Å². The Bertz CT molecular complexity index is 1420. The maximum Gasteiger partial charge on any atom is 0.469 e. The molecule has 45 heavy (non-hydrogen) atoms. The number of phosphoric ester groups is 1. The molecule has 3 aliphatic rings. The first-order chi connectivity index (χ1) is 21.5. The highest BCUT2D eigenvalue weighted by Gasteiger charge is 2.45. The summed E-state index contributed by atoms with van der Waals surface area (Å²) in [5, 5.41) is 2.68. The van der Waals surface area contributed by atoms with Gasteiger partial charge in [-0.05, 0) is 55.5 Å². The molecule has 2 aliphatic heterocycles. The average molecular weight is 671 g/mol. The fraction of sp³-hybridized carbons (Fsp3) is 0.552. The first-order valence-electron chi connectivity index (χ1n) is 14.8. The fourth-order valence-electron chi connectivity index (χ4n) is 5.79. The van der Waals surface area contributed by atoms with Crippen LogP contribution in [0, 0.1) is 5.92 Å². The van der Waals surface area contributed by atoms with Gasteiger partial charge >= 0.3 is 13.9 Å². The number of amides is 1. The summed E-state index contributed by atoms with van der Waals surface area (Å²) in [5.41, 5.74) is 0.692. The number of hydrogen-bond acceptors (Lipinski definition) is 10. The van der Waals surface area contributed by atoms with Crippen molar-refractivity contribution < 1.29 is 55.9 Å². The van der Waals surface area contributed by atoms with Crippen molar-refractivity contribution in [2.75, 3.05) is 26.9 Å². The zero-order valence-corrected chi connectivity index (χ0v) is 26.5. The lowest BCUT2D eigenvalue weighted by Crippen LogP contribution is -2.52. The number of sulfonamides is 1. The van der Waals surface area contributed by atoms with Crippen LogP contribution in [0.25, 0.3) is 0 Å². The molecule has 2 saturated heterocycles. The van der Waals surface area contributed by atoms with Crippen LogP contribution in [0.15, 0.2) is 59.5 Å². The van der Waals surface area contributed by atoms with E-state index in [1.807, 2.05) is 0 Å². The quantitative estimate of drug-likeness (QED) is 0.198. The lowest BCUT2D eigenvalue weighted by atomic mass is 10.0. The van der Waals surface area contributed by atoms with Gasteiger partial charge in [0.1, 0.15) is 18.0 Å². The van der Waals surface area contributed by atoms with Gasteiger partial charge in [-0.2, -0.15) is 0 Å². The van der Waals surface area contributed by atoms with Gasteiger partial charge in [0, 0.05) is 0 Å². The Morgan fingerprint density at radius 1 is 1.07 bits per heavy atom. The molecule has 3 N–H and O–H groups in total. The number of benzene rings is 2. The van der Waals surface area contributed by atoms with E-state index < -0.39 is 61.1 Å². The lowest BCUT2D eigenvalue weighted by Gasteiger charge is -2.33. The van der Waals surface area contributed by atoms with E-state index in [0.29, 0.717) is 41.7 Å². The van der Waals surface area contributed by atoms with Gasteiger partial charge in [-0.15, -0.1) is 0 Å². The minimum atomic E-state index is -5.22. The molecule has 1 aliphatic carbocycles. The lowest BCUT2D eigenvalue weighted by molar-refractivity contribution is -0.144. The first-order valence-corrected chi connectivity index (χ1v) is 17.8. The second kappa shape index (κ2) is 14.9. The fourth-order valence-corrected chi connectivity index (χ4v) is 7.65. The summed E-state index contributed by atoms with van der Waals surface area (Å²) in [7, 11) is -8.14. The van der Waals surface area contributed by atoms with Crippen LogP contribution >= 0.6 is 7.82 Å². The average Bonchev–Trinajstić information content (AvgIpc) is 3.77. The first kappa shape index (κ1) is 33.8. The summed E-state index contributed by atoms with van der Waals surface area (Å²) >= 11 is 0. The van der Waals surface area contributed by atoms with Crippen molar-refractivity contribution in [1.82, 2.24) is 9.79 Å². The van der Waals surface area contributed by atoms with E-state index in [-0.39, 0.29) is 23.8 Å². The minimum Gasteiger partial charge on any atom is -0.497 e. The number of nitrogens with one attached hydrogen (secondary N) is 1. The van der Waals surface area contributed by atoms with Gasteiger partial charge in [0.15, 0.2) is 6.29 Å². The smallest absolute Gasteiger partial charge is 0.469 e. The van der Waals surface area contributed by atoms with Crippen LogP contribution in [0.2, 0.25) is 0 Å². The van der Waals surface area contributed by atoms with E-state index in [1.165, 1.54) is 31.4 Å². The Hall–Kier alpha value is -2.59. The van der Waals surface area contributed by atoms with Crippen molar-refractivity contribution in [1.29, 1.82) is 0 Å². The van der Waals surface area contributed by atoms with E-state index in [4.69, 9.17) is 28.3 Å². The summed E-state index contributed by atoms with van der Waals surface area (Å²) in [6.07, 6.45) is -0.384. The molecule has 1 amide bonds. The number of carbonyl (C=O) groups is 1. The number of phosphoric acid groups is 1. The third kappa shape index (κ3) is 9.03. The van der Waals surface area contributed by atoms with E-state index in [1.54, 1.807) is 30.3 Å². The van der Waals surface area contributed by atoms with Gasteiger partial charge < -0.3 is 34.1 Å². The zero-order chi connectivity index (χ0) is 32.0. The monoisotopic (exact) mass is 670 g/mol. The van der Waals surface area contributed by atoms with Crippen molar-refractivity contribution in [3.63, 3.8) is 0 Å². The summed E-state index contributed by atoms with van der Waals surface area (Å²) in [4.78, 5) is 39.0. The molecule has 0 radical (unpaired) electrons. The van der Waals surface area contributed by atoms with Crippen LogP contribution in [0.1, 0.15) is 37.7 Å². The molecule has 1 saturated carbocycles. The van der Waals surface area contributed by atoms with Crippen molar-refractivity contribution in [2.45, 2.75) is 74.1 Å². The molecule has 2 heterocycles. The summed E-state index contributed by atoms with van der Waals surface area (Å²) in [6.45, 7) is -0.0401. The number of alkyl carbamates (subject to hydrolysis) is 1. The number of hydroxylamine groups is 1. The van der Waals surface area contributed by atoms with Crippen LogP contribution in [0.5, 0.6) is 5.75 Å². The number of rotatable bonds is 14. The van der Waals surface area contributed by atoms with Crippen LogP contribution in [-0.4, -0.2) is 86.3 Å². The summed E-state index contributed by atoms with van der Waals surface area (Å²) < 4.78 is 68.0. The van der Waals surface area contributed by atoms with Gasteiger partial charge in [0.2, 0.25) is 0 Å². The number of fused-ring (bicyclic) bond motifs is 1. The summed E-state index contributed by atoms with van der Waals surface area (Å²) in [6, 6.07) is 13.3. The molecule has 14 nitrogen and oxygen atoms in total. The Labute approximate surface area is 262 Å². The number of hydrogen-bond donors (Lipinski definition) is 3. The van der Waals surface area contributed by atoms with Crippen molar-refractivity contribution >= 4 is 23.9 Å². The molecule has 5 atom stereocenters. The summed E-state index contributed by atoms with van der Waals surface area (Å²) in [5.74, 6) is 0.295. The number of ether oxygens (including phenoxy) is 4. The molecule has 2 aromatic rings. The molecule has 2 aromatic carbocycles. The molecule has 4 unspecified atom stereocenters. The molecule has 16 heteroatoms. The van der Waals surface area contributed by atoms with Gasteiger partial charge in [0.25, 0.3) is 10.0 Å². The van der Waals surface area contributed by atoms with Crippen LogP contribution in [0.3, 0.4) is 0 Å². The SMILES string of the molecule is COc1ccc(S(=O)(=O)N(CC(OP(=O)(O)O)[C@H](Cc2ccccc2)NC(=O)OC2COC3OCCC23)OC2CCCC2)cc1. The van der Waals surface area contributed by atoms with E-state index >= 15 is 0 Å². The van der Waals surface area contributed by atoms with Crippen LogP contribution in [-0.2, 0) is 44.6 Å². The van der Waals surface area contributed by atoms with Crippen LogP contribution in [0.4, 0.5) is 4.79 Å². The topological polar surface area (TPSA) is 179 Å². The maximum atomic E-state index is 13.9. The van der Waals surface area contributed by atoms with E-state index in [2.05, 4.69) is 5.32 Å². The van der Waals surface area contributed by atoms with Crippen molar-refractivity contribution in [3.05, 3.63) is 60.2 Å². The molecule has 0 aromatic heterocycles. The highest BCUT2D eigenvalue weighted by atomic mass is 32.2. The second-order valence-electron chi connectivity index (χ2n) is 11.2. The van der Waals surface area contributed by atoms with Gasteiger partial charge in [-0.3, -0.25) is 9.36 Å². The predicted molar refractivity (Wildman–Crippen MR) is 158 cm³/mol. The van der Waals surface area contributed by atoms with Gasteiger partial charge in [0.05, 0.1) is 49.8 Å². The molecule has 0 bridgehead atoms. The highest BCUT2D eigenvalue weighted by molar-refractivity contribution is 7.89. The standard InChI is InChI=1S/C29H39N2O12PS/c1-38-21-11-13-23(14-12-21)45(36,37)31(42-22-9-5-6-10-22)18-26(43-44(33,34)35)25(17-20-7-3-2-4-8-20)30-29(32)41-27-19-40-28-24(27)15-16-39-28/h2-4,7-8,11-14,22,24-28H,5-6,9-10,15-19H2,1H3,(H,30,32)(H2,33,34,35)/t24?,25-,26?,27?,28?/m0/s1. The predicted octanol–water partition coefficient (Wildman–Crippen LogP) is 3.14. The second-order valence-corrected chi connectivity index (χ2v) is 14.2. The Morgan fingerprint density at radius 3 is 2.44 bits per heavy atom. The van der Waals surface area contributed by atoms with Gasteiger partial charge in [-0.25, -0.2) is 17.8 Å². The third-order valence-electron chi connectivity index (χ3n) is 8.09. The van der Waals surface area contributed by atoms with Crippen molar-refractivity contribution in [3.8, 4) is 5.75 Å². The number of nitrogens with zero attached hydrogens (tertiary/aromatic N) is 1. The Morgan fingerprint density at radius 2 is 1.78 bits per heavy atom. The zero-order valence-electron chi connectivity index (χ0n) is 24.8. The molecule has 0 spiro atoms. The molecular weight excluding hydrogens is 631 g/mol. The number of methoxy groups -OCH3 is 1. The third-order valence-corrected chi connectivity index (χ3v) is 10.3. The molecule has 5 rings (SSSR count).